The molecule has 1 aliphatic carbocycles. The molecule has 0 bridgehead atoms. The second-order valence-corrected chi connectivity index (χ2v) is 3.88. The molecule has 2 aliphatic rings. The van der Waals surface area contributed by atoms with Crippen LogP contribution in [-0.2, 0) is 9.53 Å². The minimum absolute atomic E-state index is 0.134. The number of hydrogen-bond donors (Lipinski definition) is 2. The van der Waals surface area contributed by atoms with E-state index in [4.69, 9.17) is 9.84 Å². The molecule has 1 heterocycles. The average Bonchev–Trinajstić information content (AvgIpc) is 2.60. The molecule has 0 radical (unpaired) electrons. The van der Waals surface area contributed by atoms with Gasteiger partial charge in [-0.05, 0) is 12.8 Å². The summed E-state index contributed by atoms with van der Waals surface area (Å²) in [5, 5.41) is 12.1. The number of carboxylic acids is 1. The van der Waals surface area contributed by atoms with Gasteiger partial charge in [-0.3, -0.25) is 10.1 Å². The fourth-order valence-corrected chi connectivity index (χ4v) is 2.68. The second-order valence-electron chi connectivity index (χ2n) is 3.88. The summed E-state index contributed by atoms with van der Waals surface area (Å²) in [4.78, 5) is 10.9. The van der Waals surface area contributed by atoms with Gasteiger partial charge in [-0.2, -0.15) is 0 Å². The molecule has 1 saturated carbocycles. The number of ether oxygens (including phenoxy) is 1. The molecular formula is C9H15NO3. The summed E-state index contributed by atoms with van der Waals surface area (Å²) in [6.07, 6.45) is 3.24. The number of rotatable bonds is 2. The van der Waals surface area contributed by atoms with Gasteiger partial charge >= 0.3 is 5.97 Å². The van der Waals surface area contributed by atoms with Gasteiger partial charge in [0.25, 0.3) is 0 Å². The van der Waals surface area contributed by atoms with Crippen LogP contribution in [0.4, 0.5) is 0 Å². The first-order chi connectivity index (χ1) is 6.24. The Morgan fingerprint density at radius 2 is 2.31 bits per heavy atom. The highest BCUT2D eigenvalue weighted by Crippen LogP contribution is 2.36. The van der Waals surface area contributed by atoms with Gasteiger partial charge in [-0.25, -0.2) is 0 Å². The Hall–Kier alpha value is -0.610. The van der Waals surface area contributed by atoms with Crippen molar-refractivity contribution in [3.05, 3.63) is 0 Å². The highest BCUT2D eigenvalue weighted by molar-refractivity contribution is 5.75. The third-order valence-corrected chi connectivity index (χ3v) is 3.25. The predicted molar refractivity (Wildman–Crippen MR) is 46.5 cm³/mol. The molecule has 0 aromatic rings. The number of carboxylic acid groups (broad SMARTS) is 1. The lowest BCUT2D eigenvalue weighted by molar-refractivity contribution is -0.142. The fourth-order valence-electron chi connectivity index (χ4n) is 2.68. The summed E-state index contributed by atoms with van der Waals surface area (Å²) in [5.74, 6) is -0.382. The van der Waals surface area contributed by atoms with E-state index in [9.17, 15) is 4.79 Å². The topological polar surface area (TPSA) is 58.6 Å². The molecule has 0 aromatic heterocycles. The van der Waals surface area contributed by atoms with Crippen LogP contribution in [0, 0.1) is 5.92 Å². The first kappa shape index (κ1) is 8.97. The molecule has 4 atom stereocenters. The van der Waals surface area contributed by atoms with Crippen LogP contribution in [0.2, 0.25) is 0 Å². The summed E-state index contributed by atoms with van der Waals surface area (Å²) in [6, 6.07) is -0.133. The monoisotopic (exact) mass is 185 g/mol. The van der Waals surface area contributed by atoms with E-state index in [2.05, 4.69) is 5.32 Å². The molecule has 0 amide bonds. The van der Waals surface area contributed by atoms with Crippen LogP contribution < -0.4 is 5.32 Å². The summed E-state index contributed by atoms with van der Waals surface area (Å²) >= 11 is 0. The molecule has 0 aromatic carbocycles. The summed E-state index contributed by atoms with van der Waals surface area (Å²) in [7, 11) is 1.60. The van der Waals surface area contributed by atoms with Gasteiger partial charge in [0.2, 0.25) is 0 Å². The highest BCUT2D eigenvalue weighted by Gasteiger charge is 2.48. The van der Waals surface area contributed by atoms with E-state index in [-0.39, 0.29) is 6.10 Å². The van der Waals surface area contributed by atoms with Crippen molar-refractivity contribution in [3.63, 3.8) is 0 Å². The first-order valence-corrected chi connectivity index (χ1v) is 4.75. The SMILES string of the molecule is CO[C@H]1[C@H]2CCC[C@@H]2N[C@@H]1C(=O)O. The quantitative estimate of drug-likeness (QED) is 0.646. The van der Waals surface area contributed by atoms with Gasteiger partial charge in [0.15, 0.2) is 0 Å². The number of fused-ring (bicyclic) bond motifs is 1. The summed E-state index contributed by atoms with van der Waals surface area (Å²) < 4.78 is 5.26. The summed E-state index contributed by atoms with van der Waals surface area (Å²) in [6.45, 7) is 0. The number of hydrogen-bond acceptors (Lipinski definition) is 3. The van der Waals surface area contributed by atoms with Crippen LogP contribution in [0.5, 0.6) is 0 Å². The van der Waals surface area contributed by atoms with E-state index in [1.54, 1.807) is 7.11 Å². The number of nitrogens with one attached hydrogen (secondary N) is 1. The third-order valence-electron chi connectivity index (χ3n) is 3.25. The lowest BCUT2D eigenvalue weighted by Crippen LogP contribution is -2.41. The Labute approximate surface area is 77.3 Å². The molecule has 1 saturated heterocycles. The van der Waals surface area contributed by atoms with Gasteiger partial charge in [-0.1, -0.05) is 6.42 Å². The van der Waals surface area contributed by atoms with Crippen molar-refractivity contribution < 1.29 is 14.6 Å². The zero-order chi connectivity index (χ0) is 9.42. The summed E-state index contributed by atoms with van der Waals surface area (Å²) in [5.41, 5.74) is 0. The Balaban J connectivity index is 2.12. The van der Waals surface area contributed by atoms with E-state index >= 15 is 0 Å². The molecule has 1 aliphatic heterocycles. The van der Waals surface area contributed by atoms with Gasteiger partial charge in [0.05, 0.1) is 6.10 Å². The Kier molecular flexibility index (Phi) is 2.26. The van der Waals surface area contributed by atoms with Crippen molar-refractivity contribution in [2.45, 2.75) is 37.5 Å². The van der Waals surface area contributed by atoms with Crippen LogP contribution in [0.15, 0.2) is 0 Å². The first-order valence-electron chi connectivity index (χ1n) is 4.75. The second kappa shape index (κ2) is 3.27. The molecule has 2 N–H and O–H groups in total. The number of carbonyl (C=O) groups is 1. The minimum Gasteiger partial charge on any atom is -0.480 e. The van der Waals surface area contributed by atoms with E-state index in [0.717, 1.165) is 12.8 Å². The predicted octanol–water partition coefficient (Wildman–Crippen LogP) is 0.226. The van der Waals surface area contributed by atoms with Crippen molar-refractivity contribution in [2.24, 2.45) is 5.92 Å². The largest absolute Gasteiger partial charge is 0.480 e. The zero-order valence-electron chi connectivity index (χ0n) is 7.69. The van der Waals surface area contributed by atoms with Crippen molar-refractivity contribution in [3.8, 4) is 0 Å². The van der Waals surface area contributed by atoms with Crippen molar-refractivity contribution in [1.29, 1.82) is 0 Å². The molecule has 2 rings (SSSR count). The molecular weight excluding hydrogens is 170 g/mol. The standard InChI is InChI=1S/C9H15NO3/c1-13-8-5-3-2-4-6(5)10-7(8)9(11)12/h5-8,10H,2-4H2,1H3,(H,11,12)/t5-,6-,7-,8-/m0/s1. The van der Waals surface area contributed by atoms with Crippen molar-refractivity contribution >= 4 is 5.97 Å². The molecule has 4 nitrogen and oxygen atoms in total. The number of methoxy groups -OCH3 is 1. The van der Waals surface area contributed by atoms with Gasteiger partial charge in [-0.15, -0.1) is 0 Å². The van der Waals surface area contributed by atoms with Crippen LogP contribution >= 0.6 is 0 Å². The Morgan fingerprint density at radius 3 is 2.92 bits per heavy atom. The highest BCUT2D eigenvalue weighted by atomic mass is 16.5. The Bertz CT molecular complexity index is 219. The van der Waals surface area contributed by atoms with Crippen LogP contribution in [0.3, 0.4) is 0 Å². The van der Waals surface area contributed by atoms with Crippen LogP contribution in [-0.4, -0.2) is 36.4 Å². The Morgan fingerprint density at radius 1 is 1.54 bits per heavy atom. The molecule has 0 spiro atoms. The molecule has 4 heteroatoms. The van der Waals surface area contributed by atoms with Crippen molar-refractivity contribution in [2.75, 3.05) is 7.11 Å². The maximum absolute atomic E-state index is 10.9. The van der Waals surface area contributed by atoms with E-state index in [0.29, 0.717) is 12.0 Å². The lowest BCUT2D eigenvalue weighted by Gasteiger charge is -2.18. The molecule has 13 heavy (non-hydrogen) atoms. The zero-order valence-corrected chi connectivity index (χ0v) is 7.69. The van der Waals surface area contributed by atoms with E-state index < -0.39 is 12.0 Å². The van der Waals surface area contributed by atoms with Gasteiger partial charge < -0.3 is 9.84 Å². The maximum atomic E-state index is 10.9. The minimum atomic E-state index is -0.791. The maximum Gasteiger partial charge on any atom is 0.323 e. The van der Waals surface area contributed by atoms with E-state index in [1.165, 1.54) is 6.42 Å². The molecule has 74 valence electrons. The van der Waals surface area contributed by atoms with E-state index in [1.807, 2.05) is 0 Å². The third kappa shape index (κ3) is 1.34. The van der Waals surface area contributed by atoms with Crippen LogP contribution in [0.25, 0.3) is 0 Å². The lowest BCUT2D eigenvalue weighted by atomic mass is 9.98. The van der Waals surface area contributed by atoms with Gasteiger partial charge in [0.1, 0.15) is 6.04 Å². The number of aliphatic carboxylic acids is 1. The average molecular weight is 185 g/mol. The van der Waals surface area contributed by atoms with Crippen LogP contribution in [0.1, 0.15) is 19.3 Å². The molecule has 0 unspecified atom stereocenters. The van der Waals surface area contributed by atoms with Gasteiger partial charge in [0, 0.05) is 19.1 Å². The van der Waals surface area contributed by atoms with Crippen molar-refractivity contribution in [1.82, 2.24) is 5.32 Å². The fraction of sp³-hybridized carbons (Fsp3) is 0.889. The normalized spacial score (nSPS) is 43.5. The smallest absolute Gasteiger partial charge is 0.323 e. The molecule has 2 fully saturated rings.